The minimum Gasteiger partial charge on any atom is -0.406 e. The Hall–Kier alpha value is -4.60. The number of aromatic nitrogens is 2. The number of alkyl halides is 3. The average molecular weight is 488 g/mol. The molecule has 0 spiro atoms. The first-order valence-electron chi connectivity index (χ1n) is 10.7. The Bertz CT molecular complexity index is 1450. The molecule has 4 aromatic rings. The SMILES string of the molecule is Cn1cncc1C(OCc1ccc(C#N)cc1-c1cccc(OC(F)(F)F)c1)c1ccc(C#N)cc1. The normalized spacial score (nSPS) is 11.9. The zero-order chi connectivity index (χ0) is 25.7. The Labute approximate surface area is 205 Å². The van der Waals surface area contributed by atoms with Gasteiger partial charge in [0.05, 0.1) is 48.1 Å². The lowest BCUT2D eigenvalue weighted by atomic mass is 9.97. The van der Waals surface area contributed by atoms with Crippen molar-refractivity contribution in [2.75, 3.05) is 0 Å². The average Bonchev–Trinajstić information content (AvgIpc) is 3.29. The molecule has 0 N–H and O–H groups in total. The molecule has 180 valence electrons. The van der Waals surface area contributed by atoms with Gasteiger partial charge in [0.25, 0.3) is 0 Å². The number of imidazole rings is 1. The molecule has 0 aliphatic heterocycles. The highest BCUT2D eigenvalue weighted by atomic mass is 19.4. The van der Waals surface area contributed by atoms with E-state index in [2.05, 4.69) is 21.9 Å². The molecule has 0 fully saturated rings. The van der Waals surface area contributed by atoms with Crippen LogP contribution in [0.15, 0.2) is 79.3 Å². The zero-order valence-electron chi connectivity index (χ0n) is 19.0. The largest absolute Gasteiger partial charge is 0.573 e. The van der Waals surface area contributed by atoms with Crippen LogP contribution in [0.4, 0.5) is 13.2 Å². The van der Waals surface area contributed by atoms with Crippen LogP contribution < -0.4 is 4.74 Å². The van der Waals surface area contributed by atoms with Crippen LogP contribution in [0.1, 0.15) is 34.1 Å². The fraction of sp³-hybridized carbons (Fsp3) is 0.148. The van der Waals surface area contributed by atoms with Gasteiger partial charge < -0.3 is 14.0 Å². The standard InChI is InChI=1S/C27H19F3N4O2/c1-34-17-33-15-25(34)26(20-8-5-18(13-31)6-9-20)35-16-22-10-7-19(14-32)11-24(22)21-3-2-4-23(12-21)36-27(28,29)30/h2-12,15,17,26H,16H2,1H3. The van der Waals surface area contributed by atoms with E-state index >= 15 is 0 Å². The van der Waals surface area contributed by atoms with Crippen LogP contribution in [-0.4, -0.2) is 15.9 Å². The second kappa shape index (κ2) is 10.3. The van der Waals surface area contributed by atoms with Crippen LogP contribution in [0.3, 0.4) is 0 Å². The van der Waals surface area contributed by atoms with Crippen LogP contribution >= 0.6 is 0 Å². The van der Waals surface area contributed by atoms with Gasteiger partial charge in [0.2, 0.25) is 0 Å². The molecule has 6 nitrogen and oxygen atoms in total. The van der Waals surface area contributed by atoms with Gasteiger partial charge in [-0.2, -0.15) is 10.5 Å². The molecule has 1 unspecified atom stereocenters. The minimum atomic E-state index is -4.82. The maximum absolute atomic E-state index is 12.7. The van der Waals surface area contributed by atoms with E-state index in [-0.39, 0.29) is 12.4 Å². The van der Waals surface area contributed by atoms with Crippen molar-refractivity contribution in [3.63, 3.8) is 0 Å². The van der Waals surface area contributed by atoms with Crippen LogP contribution in [0, 0.1) is 22.7 Å². The molecule has 0 amide bonds. The molecular weight excluding hydrogens is 469 g/mol. The van der Waals surface area contributed by atoms with Crippen molar-refractivity contribution >= 4 is 0 Å². The van der Waals surface area contributed by atoms with Gasteiger partial charge in [-0.05, 0) is 58.7 Å². The molecule has 36 heavy (non-hydrogen) atoms. The number of aryl methyl sites for hydroxylation is 1. The first-order valence-corrected chi connectivity index (χ1v) is 10.7. The highest BCUT2D eigenvalue weighted by Crippen LogP contribution is 2.33. The first-order chi connectivity index (χ1) is 17.3. The van der Waals surface area contributed by atoms with Crippen molar-refractivity contribution < 1.29 is 22.6 Å². The van der Waals surface area contributed by atoms with E-state index in [0.717, 1.165) is 11.3 Å². The zero-order valence-corrected chi connectivity index (χ0v) is 19.0. The van der Waals surface area contributed by atoms with E-state index in [0.29, 0.717) is 27.8 Å². The number of nitriles is 2. The molecule has 3 aromatic carbocycles. The second-order valence-electron chi connectivity index (χ2n) is 7.91. The summed E-state index contributed by atoms with van der Waals surface area (Å²) in [6.07, 6.45) is -2.03. The quantitative estimate of drug-likeness (QED) is 0.317. The van der Waals surface area contributed by atoms with Gasteiger partial charge in [-0.1, -0.05) is 30.3 Å². The topological polar surface area (TPSA) is 83.9 Å². The summed E-state index contributed by atoms with van der Waals surface area (Å²) in [5, 5.41) is 18.5. The first kappa shape index (κ1) is 24.5. The van der Waals surface area contributed by atoms with E-state index < -0.39 is 12.5 Å². The number of nitrogens with zero attached hydrogens (tertiary/aromatic N) is 4. The summed E-state index contributed by atoms with van der Waals surface area (Å²) >= 11 is 0. The van der Waals surface area contributed by atoms with E-state index in [9.17, 15) is 18.4 Å². The maximum Gasteiger partial charge on any atom is 0.573 e. The molecule has 0 saturated carbocycles. The molecule has 9 heteroatoms. The highest BCUT2D eigenvalue weighted by Gasteiger charge is 2.31. The van der Waals surface area contributed by atoms with Crippen molar-refractivity contribution in [1.82, 2.24) is 9.55 Å². The molecule has 4 rings (SSSR count). The van der Waals surface area contributed by atoms with Crippen molar-refractivity contribution in [1.29, 1.82) is 10.5 Å². The van der Waals surface area contributed by atoms with Gasteiger partial charge >= 0.3 is 6.36 Å². The fourth-order valence-corrected chi connectivity index (χ4v) is 3.78. The number of hydrogen-bond acceptors (Lipinski definition) is 5. The minimum absolute atomic E-state index is 0.0846. The lowest BCUT2D eigenvalue weighted by Crippen LogP contribution is -2.17. The number of benzene rings is 3. The van der Waals surface area contributed by atoms with E-state index in [1.54, 1.807) is 61.1 Å². The molecule has 1 atom stereocenters. The van der Waals surface area contributed by atoms with E-state index in [4.69, 9.17) is 10.00 Å². The van der Waals surface area contributed by atoms with E-state index in [1.165, 1.54) is 18.2 Å². The smallest absolute Gasteiger partial charge is 0.406 e. The lowest BCUT2D eigenvalue weighted by Gasteiger charge is -2.20. The Balaban J connectivity index is 1.69. The Kier molecular flexibility index (Phi) is 7.05. The monoisotopic (exact) mass is 488 g/mol. The van der Waals surface area contributed by atoms with Crippen molar-refractivity contribution in [2.45, 2.75) is 19.1 Å². The number of rotatable bonds is 7. The molecule has 0 saturated heterocycles. The predicted molar refractivity (Wildman–Crippen MR) is 124 cm³/mol. The second-order valence-corrected chi connectivity index (χ2v) is 7.91. The van der Waals surface area contributed by atoms with Crippen molar-refractivity contribution in [2.24, 2.45) is 7.05 Å². The fourth-order valence-electron chi connectivity index (χ4n) is 3.78. The van der Waals surface area contributed by atoms with Gasteiger partial charge in [0.1, 0.15) is 11.9 Å². The molecule has 0 aliphatic carbocycles. The van der Waals surface area contributed by atoms with Crippen molar-refractivity contribution in [3.05, 3.63) is 107 Å². The highest BCUT2D eigenvalue weighted by molar-refractivity contribution is 5.70. The van der Waals surface area contributed by atoms with Gasteiger partial charge in [-0.3, -0.25) is 0 Å². The van der Waals surface area contributed by atoms with Crippen LogP contribution in [0.2, 0.25) is 0 Å². The summed E-state index contributed by atoms with van der Waals surface area (Å²) in [6, 6.07) is 21.7. The number of ether oxygens (including phenoxy) is 2. The molecule has 1 aromatic heterocycles. The summed E-state index contributed by atoms with van der Waals surface area (Å²) < 4.78 is 50.5. The Morgan fingerprint density at radius 1 is 0.972 bits per heavy atom. The maximum atomic E-state index is 12.7. The third-order valence-electron chi connectivity index (χ3n) is 5.49. The molecule has 0 bridgehead atoms. The third-order valence-corrected chi connectivity index (χ3v) is 5.49. The number of halogens is 3. The Morgan fingerprint density at radius 2 is 1.69 bits per heavy atom. The van der Waals surface area contributed by atoms with Crippen LogP contribution in [0.5, 0.6) is 5.75 Å². The predicted octanol–water partition coefficient (Wildman–Crippen LogP) is 6.04. The Morgan fingerprint density at radius 3 is 2.33 bits per heavy atom. The lowest BCUT2D eigenvalue weighted by molar-refractivity contribution is -0.274. The summed E-state index contributed by atoms with van der Waals surface area (Å²) in [7, 11) is 1.83. The molecule has 1 heterocycles. The molecule has 0 radical (unpaired) electrons. The van der Waals surface area contributed by atoms with Gasteiger partial charge in [-0.15, -0.1) is 13.2 Å². The molecular formula is C27H19F3N4O2. The van der Waals surface area contributed by atoms with E-state index in [1.807, 2.05) is 11.6 Å². The van der Waals surface area contributed by atoms with Gasteiger partial charge in [-0.25, -0.2) is 4.98 Å². The summed E-state index contributed by atoms with van der Waals surface area (Å²) in [5.41, 5.74) is 4.10. The summed E-state index contributed by atoms with van der Waals surface area (Å²) in [4.78, 5) is 4.17. The van der Waals surface area contributed by atoms with Gasteiger partial charge in [0, 0.05) is 7.05 Å². The number of hydrogen-bond donors (Lipinski definition) is 0. The van der Waals surface area contributed by atoms with Crippen molar-refractivity contribution in [3.8, 4) is 29.0 Å². The summed E-state index contributed by atoms with van der Waals surface area (Å²) in [5.74, 6) is -0.362. The van der Waals surface area contributed by atoms with Gasteiger partial charge in [0.15, 0.2) is 0 Å². The van der Waals surface area contributed by atoms with Crippen LogP contribution in [0.25, 0.3) is 11.1 Å². The van der Waals surface area contributed by atoms with Crippen LogP contribution in [-0.2, 0) is 18.4 Å². The molecule has 0 aliphatic rings. The third kappa shape index (κ3) is 5.72. The summed E-state index contributed by atoms with van der Waals surface area (Å²) in [6.45, 7) is 0.0846.